The molecule has 0 amide bonds. The lowest BCUT2D eigenvalue weighted by Crippen LogP contribution is -1.96. The standard InChI is InChI=1S/C13H14N2O2/c1-9-4-5-12(17-3)10(6-9)13-11(7-16)14-8-15(13)2/h4-8H,1-3H3. The topological polar surface area (TPSA) is 44.1 Å². The highest BCUT2D eigenvalue weighted by Gasteiger charge is 2.14. The van der Waals surface area contributed by atoms with Gasteiger partial charge in [0.05, 0.1) is 19.1 Å². The Bertz CT molecular complexity index is 559. The van der Waals surface area contributed by atoms with Gasteiger partial charge >= 0.3 is 0 Å². The van der Waals surface area contributed by atoms with Crippen molar-refractivity contribution in [2.75, 3.05) is 7.11 Å². The van der Waals surface area contributed by atoms with Crippen molar-refractivity contribution in [1.82, 2.24) is 9.55 Å². The van der Waals surface area contributed by atoms with Gasteiger partial charge in [-0.15, -0.1) is 0 Å². The molecule has 0 atom stereocenters. The van der Waals surface area contributed by atoms with Crippen molar-refractivity contribution in [1.29, 1.82) is 0 Å². The van der Waals surface area contributed by atoms with Crippen LogP contribution in [0, 0.1) is 6.92 Å². The molecule has 0 saturated heterocycles. The van der Waals surface area contributed by atoms with Gasteiger partial charge in [0.1, 0.15) is 11.4 Å². The van der Waals surface area contributed by atoms with Crippen LogP contribution >= 0.6 is 0 Å². The summed E-state index contributed by atoms with van der Waals surface area (Å²) in [6.45, 7) is 2.00. The number of benzene rings is 1. The number of nitrogens with zero attached hydrogens (tertiary/aromatic N) is 2. The molecule has 1 aromatic carbocycles. The summed E-state index contributed by atoms with van der Waals surface area (Å²) in [6, 6.07) is 5.86. The first kappa shape index (κ1) is 11.4. The van der Waals surface area contributed by atoms with Crippen molar-refractivity contribution in [3.63, 3.8) is 0 Å². The van der Waals surface area contributed by atoms with Crippen LogP contribution in [0.1, 0.15) is 16.1 Å². The normalized spacial score (nSPS) is 10.3. The van der Waals surface area contributed by atoms with Crippen LogP contribution in [0.3, 0.4) is 0 Å². The monoisotopic (exact) mass is 230 g/mol. The number of methoxy groups -OCH3 is 1. The molecule has 0 aliphatic carbocycles. The minimum atomic E-state index is 0.427. The molecule has 0 aliphatic heterocycles. The number of imidazole rings is 1. The fourth-order valence-electron chi connectivity index (χ4n) is 1.87. The molecule has 1 heterocycles. The Morgan fingerprint density at radius 1 is 1.41 bits per heavy atom. The van der Waals surface area contributed by atoms with Gasteiger partial charge in [-0.25, -0.2) is 4.98 Å². The number of ether oxygens (including phenoxy) is 1. The lowest BCUT2D eigenvalue weighted by molar-refractivity contribution is 0.112. The van der Waals surface area contributed by atoms with Crippen LogP contribution in [-0.2, 0) is 7.05 Å². The molecule has 17 heavy (non-hydrogen) atoms. The van der Waals surface area contributed by atoms with Crippen LogP contribution in [0.25, 0.3) is 11.3 Å². The van der Waals surface area contributed by atoms with Gasteiger partial charge in [0.15, 0.2) is 6.29 Å². The average Bonchev–Trinajstić information content (AvgIpc) is 2.70. The van der Waals surface area contributed by atoms with E-state index in [0.717, 1.165) is 28.9 Å². The first-order valence-electron chi connectivity index (χ1n) is 5.29. The second kappa shape index (κ2) is 4.41. The van der Waals surface area contributed by atoms with E-state index in [2.05, 4.69) is 4.98 Å². The molecule has 4 nitrogen and oxygen atoms in total. The molecule has 0 bridgehead atoms. The number of hydrogen-bond acceptors (Lipinski definition) is 3. The molecule has 0 aliphatic rings. The highest BCUT2D eigenvalue weighted by Crippen LogP contribution is 2.31. The minimum Gasteiger partial charge on any atom is -0.496 e. The Hall–Kier alpha value is -2.10. The third-order valence-corrected chi connectivity index (χ3v) is 2.69. The highest BCUT2D eigenvalue weighted by molar-refractivity contribution is 5.85. The Morgan fingerprint density at radius 3 is 2.82 bits per heavy atom. The highest BCUT2D eigenvalue weighted by atomic mass is 16.5. The van der Waals surface area contributed by atoms with Crippen LogP contribution in [0.4, 0.5) is 0 Å². The molecule has 2 rings (SSSR count). The minimum absolute atomic E-state index is 0.427. The summed E-state index contributed by atoms with van der Waals surface area (Å²) >= 11 is 0. The third kappa shape index (κ3) is 1.93. The van der Waals surface area contributed by atoms with E-state index in [9.17, 15) is 4.79 Å². The molecule has 0 N–H and O–H groups in total. The van der Waals surface area contributed by atoms with Crippen molar-refractivity contribution in [2.24, 2.45) is 7.05 Å². The van der Waals surface area contributed by atoms with E-state index in [0.29, 0.717) is 5.69 Å². The maximum absolute atomic E-state index is 11.0. The Kier molecular flexibility index (Phi) is 2.95. The maximum atomic E-state index is 11.0. The summed E-state index contributed by atoms with van der Waals surface area (Å²) in [5, 5.41) is 0. The van der Waals surface area contributed by atoms with Crippen LogP contribution in [0.15, 0.2) is 24.5 Å². The summed E-state index contributed by atoms with van der Waals surface area (Å²) in [5.74, 6) is 0.738. The average molecular weight is 230 g/mol. The van der Waals surface area contributed by atoms with E-state index < -0.39 is 0 Å². The number of carbonyl (C=O) groups excluding carboxylic acids is 1. The van der Waals surface area contributed by atoms with Gasteiger partial charge in [-0.3, -0.25) is 4.79 Å². The Labute approximate surface area is 99.9 Å². The molecule has 0 radical (unpaired) electrons. The lowest BCUT2D eigenvalue weighted by atomic mass is 10.1. The van der Waals surface area contributed by atoms with E-state index in [1.165, 1.54) is 0 Å². The Morgan fingerprint density at radius 2 is 2.18 bits per heavy atom. The number of aromatic nitrogens is 2. The zero-order valence-electron chi connectivity index (χ0n) is 10.1. The van der Waals surface area contributed by atoms with Crippen LogP contribution in [0.2, 0.25) is 0 Å². The predicted molar refractivity (Wildman–Crippen MR) is 65.3 cm³/mol. The Balaban J connectivity index is 2.70. The van der Waals surface area contributed by atoms with Crippen LogP contribution < -0.4 is 4.74 Å². The molecule has 4 heteroatoms. The van der Waals surface area contributed by atoms with Gasteiger partial charge in [0.25, 0.3) is 0 Å². The molecule has 2 aromatic rings. The van der Waals surface area contributed by atoms with E-state index >= 15 is 0 Å². The fourth-order valence-corrected chi connectivity index (χ4v) is 1.87. The molecular formula is C13H14N2O2. The fraction of sp³-hybridized carbons (Fsp3) is 0.231. The first-order chi connectivity index (χ1) is 8.17. The zero-order chi connectivity index (χ0) is 12.4. The van der Waals surface area contributed by atoms with Crippen molar-refractivity contribution in [2.45, 2.75) is 6.92 Å². The van der Waals surface area contributed by atoms with Gasteiger partial charge in [0.2, 0.25) is 0 Å². The van der Waals surface area contributed by atoms with E-state index in [4.69, 9.17) is 4.74 Å². The summed E-state index contributed by atoms with van der Waals surface area (Å²) in [4.78, 5) is 15.0. The zero-order valence-corrected chi connectivity index (χ0v) is 10.1. The van der Waals surface area contributed by atoms with E-state index in [-0.39, 0.29) is 0 Å². The first-order valence-corrected chi connectivity index (χ1v) is 5.29. The predicted octanol–water partition coefficient (Wildman–Crippen LogP) is 2.22. The maximum Gasteiger partial charge on any atom is 0.170 e. The SMILES string of the molecule is COc1ccc(C)cc1-c1c(C=O)ncn1C. The number of aryl methyl sites for hydroxylation is 2. The number of hydrogen-bond donors (Lipinski definition) is 0. The molecule has 0 spiro atoms. The molecule has 0 unspecified atom stereocenters. The molecule has 0 saturated carbocycles. The number of aldehydes is 1. The second-order valence-electron chi connectivity index (χ2n) is 3.91. The number of rotatable bonds is 3. The van der Waals surface area contributed by atoms with Crippen molar-refractivity contribution in [3.8, 4) is 17.0 Å². The lowest BCUT2D eigenvalue weighted by Gasteiger charge is -2.10. The van der Waals surface area contributed by atoms with Gasteiger partial charge in [0, 0.05) is 12.6 Å². The number of carbonyl (C=O) groups is 1. The van der Waals surface area contributed by atoms with Crippen molar-refractivity contribution in [3.05, 3.63) is 35.8 Å². The molecule has 88 valence electrons. The smallest absolute Gasteiger partial charge is 0.170 e. The largest absolute Gasteiger partial charge is 0.496 e. The molecule has 1 aromatic heterocycles. The third-order valence-electron chi connectivity index (χ3n) is 2.69. The summed E-state index contributed by atoms with van der Waals surface area (Å²) < 4.78 is 7.14. The molecule has 0 fully saturated rings. The van der Waals surface area contributed by atoms with Gasteiger partial charge in [-0.1, -0.05) is 11.6 Å². The summed E-state index contributed by atoms with van der Waals surface area (Å²) in [5.41, 5.74) is 3.20. The van der Waals surface area contributed by atoms with Gasteiger partial charge in [-0.05, 0) is 19.1 Å². The van der Waals surface area contributed by atoms with E-state index in [1.807, 2.05) is 36.7 Å². The quantitative estimate of drug-likeness (QED) is 0.759. The van der Waals surface area contributed by atoms with Crippen molar-refractivity contribution < 1.29 is 9.53 Å². The van der Waals surface area contributed by atoms with E-state index in [1.54, 1.807) is 13.4 Å². The summed E-state index contributed by atoms with van der Waals surface area (Å²) in [7, 11) is 3.47. The molecular weight excluding hydrogens is 216 g/mol. The van der Waals surface area contributed by atoms with Crippen LogP contribution in [0.5, 0.6) is 5.75 Å². The van der Waals surface area contributed by atoms with Gasteiger partial charge in [-0.2, -0.15) is 0 Å². The second-order valence-corrected chi connectivity index (χ2v) is 3.91. The van der Waals surface area contributed by atoms with Gasteiger partial charge < -0.3 is 9.30 Å². The summed E-state index contributed by atoms with van der Waals surface area (Å²) in [6.07, 6.45) is 2.39. The van der Waals surface area contributed by atoms with Crippen LogP contribution in [-0.4, -0.2) is 22.9 Å². The van der Waals surface area contributed by atoms with Crippen molar-refractivity contribution >= 4 is 6.29 Å².